The van der Waals surface area contributed by atoms with E-state index in [0.717, 1.165) is 18.9 Å². The molecule has 1 aliphatic carbocycles. The van der Waals surface area contributed by atoms with Crippen molar-refractivity contribution in [2.24, 2.45) is 0 Å². The van der Waals surface area contributed by atoms with Gasteiger partial charge < -0.3 is 5.32 Å². The molecule has 0 amide bonds. The summed E-state index contributed by atoms with van der Waals surface area (Å²) in [4.78, 5) is 4.27. The molecule has 0 aliphatic heterocycles. The Kier molecular flexibility index (Phi) is 4.66. The lowest BCUT2D eigenvalue weighted by Gasteiger charge is -2.26. The highest BCUT2D eigenvalue weighted by atomic mass is 14.9. The fourth-order valence-electron chi connectivity index (χ4n) is 2.97. The number of nitrogens with zero attached hydrogens (tertiary/aromatic N) is 1. The van der Waals surface area contributed by atoms with Crippen molar-refractivity contribution in [3.8, 4) is 0 Å². The van der Waals surface area contributed by atoms with E-state index in [1.165, 1.54) is 36.0 Å². The van der Waals surface area contributed by atoms with Crippen molar-refractivity contribution >= 4 is 0 Å². The summed E-state index contributed by atoms with van der Waals surface area (Å²) < 4.78 is 0. The van der Waals surface area contributed by atoms with Crippen LogP contribution < -0.4 is 5.32 Å². The van der Waals surface area contributed by atoms with Crippen molar-refractivity contribution in [3.63, 3.8) is 0 Å². The van der Waals surface area contributed by atoms with E-state index in [1.54, 1.807) is 0 Å². The van der Waals surface area contributed by atoms with Crippen LogP contribution in [0.2, 0.25) is 0 Å². The van der Waals surface area contributed by atoms with Gasteiger partial charge in [-0.2, -0.15) is 0 Å². The molecule has 0 bridgehead atoms. The Morgan fingerprint density at radius 3 is 2.52 bits per heavy atom. The van der Waals surface area contributed by atoms with Gasteiger partial charge in [0.05, 0.1) is 6.04 Å². The maximum Gasteiger partial charge on any atom is 0.0591 e. The molecular formula is C19H24N2. The molecule has 2 nitrogen and oxygen atoms in total. The van der Waals surface area contributed by atoms with E-state index in [4.69, 9.17) is 0 Å². The zero-order chi connectivity index (χ0) is 14.5. The Hall–Kier alpha value is -1.67. The monoisotopic (exact) mass is 280 g/mol. The number of hydrogen-bond acceptors (Lipinski definition) is 2. The molecule has 1 aromatic heterocycles. The van der Waals surface area contributed by atoms with Crippen molar-refractivity contribution in [1.82, 2.24) is 10.3 Å². The average Bonchev–Trinajstić information content (AvgIpc) is 2.49. The number of benzene rings is 1. The van der Waals surface area contributed by atoms with Crippen LogP contribution in [0.3, 0.4) is 0 Å². The first kappa shape index (κ1) is 14.3. The van der Waals surface area contributed by atoms with Gasteiger partial charge >= 0.3 is 0 Å². The lowest BCUT2D eigenvalue weighted by Crippen LogP contribution is -2.23. The lowest BCUT2D eigenvalue weighted by atomic mass is 9.79. The summed E-state index contributed by atoms with van der Waals surface area (Å²) in [6, 6.07) is 13.6. The van der Waals surface area contributed by atoms with E-state index >= 15 is 0 Å². The van der Waals surface area contributed by atoms with Gasteiger partial charge in [-0.1, -0.05) is 43.7 Å². The van der Waals surface area contributed by atoms with Crippen LogP contribution in [0, 0.1) is 0 Å². The third-order valence-corrected chi connectivity index (χ3v) is 4.46. The van der Waals surface area contributed by atoms with Crippen LogP contribution in [0.5, 0.6) is 0 Å². The van der Waals surface area contributed by atoms with Crippen LogP contribution in [0.15, 0.2) is 48.8 Å². The van der Waals surface area contributed by atoms with E-state index in [9.17, 15) is 0 Å². The molecule has 1 N–H and O–H groups in total. The molecular weight excluding hydrogens is 256 g/mol. The highest BCUT2D eigenvalue weighted by Gasteiger charge is 2.20. The molecule has 21 heavy (non-hydrogen) atoms. The molecule has 2 heteroatoms. The van der Waals surface area contributed by atoms with Crippen molar-refractivity contribution in [2.45, 2.75) is 44.6 Å². The fourth-order valence-corrected chi connectivity index (χ4v) is 2.97. The summed E-state index contributed by atoms with van der Waals surface area (Å²) in [7, 11) is 0. The number of rotatable bonds is 6. The highest BCUT2D eigenvalue weighted by molar-refractivity contribution is 5.34. The van der Waals surface area contributed by atoms with Crippen LogP contribution in [0.4, 0.5) is 0 Å². The Bertz CT molecular complexity index is 544. The van der Waals surface area contributed by atoms with Crippen LogP contribution >= 0.6 is 0 Å². The van der Waals surface area contributed by atoms with Gasteiger partial charge in [0.15, 0.2) is 0 Å². The Balaban J connectivity index is 1.81. The minimum absolute atomic E-state index is 0.245. The summed E-state index contributed by atoms with van der Waals surface area (Å²) in [6.07, 6.45) is 9.05. The van der Waals surface area contributed by atoms with Gasteiger partial charge in [-0.15, -0.1) is 0 Å². The normalized spacial score (nSPS) is 16.4. The third kappa shape index (κ3) is 3.33. The van der Waals surface area contributed by atoms with Crippen LogP contribution in [-0.4, -0.2) is 11.5 Å². The Labute approximate surface area is 127 Å². The summed E-state index contributed by atoms with van der Waals surface area (Å²) in [5.41, 5.74) is 4.08. The second-order valence-corrected chi connectivity index (χ2v) is 5.97. The Morgan fingerprint density at radius 2 is 1.95 bits per heavy atom. The molecule has 1 atom stereocenters. The third-order valence-electron chi connectivity index (χ3n) is 4.46. The molecule has 1 saturated carbocycles. The minimum atomic E-state index is 0.245. The van der Waals surface area contributed by atoms with Gasteiger partial charge in [-0.3, -0.25) is 4.98 Å². The maximum absolute atomic E-state index is 4.27. The predicted molar refractivity (Wildman–Crippen MR) is 87.4 cm³/mol. The van der Waals surface area contributed by atoms with Crippen molar-refractivity contribution in [1.29, 1.82) is 0 Å². The molecule has 0 spiro atoms. The predicted octanol–water partition coefficient (Wildman–Crippen LogP) is 4.44. The van der Waals surface area contributed by atoms with Crippen molar-refractivity contribution in [2.75, 3.05) is 6.54 Å². The zero-order valence-corrected chi connectivity index (χ0v) is 12.8. The van der Waals surface area contributed by atoms with E-state index in [0.29, 0.717) is 0 Å². The molecule has 3 rings (SSSR count). The first-order valence-corrected chi connectivity index (χ1v) is 8.11. The van der Waals surface area contributed by atoms with Gasteiger partial charge in [0.25, 0.3) is 0 Å². The minimum Gasteiger partial charge on any atom is -0.306 e. The van der Waals surface area contributed by atoms with E-state index in [1.807, 2.05) is 18.5 Å². The molecule has 0 radical (unpaired) electrons. The molecule has 110 valence electrons. The van der Waals surface area contributed by atoms with Gasteiger partial charge in [-0.05, 0) is 54.5 Å². The average molecular weight is 280 g/mol. The number of nitrogens with one attached hydrogen (secondary N) is 1. The summed E-state index contributed by atoms with van der Waals surface area (Å²) in [5.74, 6) is 0.805. The molecule has 0 saturated heterocycles. The highest BCUT2D eigenvalue weighted by Crippen LogP contribution is 2.36. The quantitative estimate of drug-likeness (QED) is 0.846. The fraction of sp³-hybridized carbons (Fsp3) is 0.421. The first-order valence-electron chi connectivity index (χ1n) is 8.11. The zero-order valence-electron chi connectivity index (χ0n) is 12.8. The second kappa shape index (κ2) is 6.86. The van der Waals surface area contributed by atoms with Crippen molar-refractivity contribution in [3.05, 3.63) is 65.5 Å². The molecule has 1 unspecified atom stereocenters. The smallest absolute Gasteiger partial charge is 0.0591 e. The van der Waals surface area contributed by atoms with Gasteiger partial charge in [0, 0.05) is 12.4 Å². The van der Waals surface area contributed by atoms with E-state index < -0.39 is 0 Å². The van der Waals surface area contributed by atoms with E-state index in [-0.39, 0.29) is 6.04 Å². The standard InChI is InChI=1S/C19H24N2/c1-2-12-21-19(18-7-4-13-20-14-18)17-10-8-16(9-11-17)15-5-3-6-15/h4,7-11,13-15,19,21H,2-3,5-6,12H2,1H3. The molecule has 1 aromatic carbocycles. The first-order chi connectivity index (χ1) is 10.4. The molecule has 1 fully saturated rings. The van der Waals surface area contributed by atoms with Gasteiger partial charge in [0.1, 0.15) is 0 Å². The largest absolute Gasteiger partial charge is 0.306 e. The van der Waals surface area contributed by atoms with E-state index in [2.05, 4.69) is 47.6 Å². The summed E-state index contributed by atoms with van der Waals surface area (Å²) in [5, 5.41) is 3.64. The Morgan fingerprint density at radius 1 is 1.14 bits per heavy atom. The van der Waals surface area contributed by atoms with Crippen molar-refractivity contribution < 1.29 is 0 Å². The van der Waals surface area contributed by atoms with Crippen LogP contribution in [0.25, 0.3) is 0 Å². The number of pyridine rings is 1. The molecule has 1 heterocycles. The SMILES string of the molecule is CCCNC(c1ccc(C2CCC2)cc1)c1cccnc1. The molecule has 1 aliphatic rings. The van der Waals surface area contributed by atoms with Gasteiger partial charge in [-0.25, -0.2) is 0 Å². The van der Waals surface area contributed by atoms with Crippen LogP contribution in [0.1, 0.15) is 61.3 Å². The topological polar surface area (TPSA) is 24.9 Å². The number of aromatic nitrogens is 1. The molecule has 2 aromatic rings. The summed E-state index contributed by atoms with van der Waals surface area (Å²) >= 11 is 0. The summed E-state index contributed by atoms with van der Waals surface area (Å²) in [6.45, 7) is 3.22. The second-order valence-electron chi connectivity index (χ2n) is 5.97. The van der Waals surface area contributed by atoms with Crippen LogP contribution in [-0.2, 0) is 0 Å². The lowest BCUT2D eigenvalue weighted by molar-refractivity contribution is 0.419. The van der Waals surface area contributed by atoms with Gasteiger partial charge in [0.2, 0.25) is 0 Å². The number of hydrogen-bond donors (Lipinski definition) is 1. The maximum atomic E-state index is 4.27.